The molecule has 2 heterocycles. The van der Waals surface area contributed by atoms with Crippen molar-refractivity contribution in [2.75, 3.05) is 0 Å². The van der Waals surface area contributed by atoms with Gasteiger partial charge in [0.05, 0.1) is 0 Å². The predicted molar refractivity (Wildman–Crippen MR) is 138 cm³/mol. The molecule has 2 N–H and O–H groups in total. The quantitative estimate of drug-likeness (QED) is 0.251. The first-order valence-corrected chi connectivity index (χ1v) is 10.8. The SMILES string of the molecule is c1ccc2[nH]ccc2c1.c1ccc2c(c1)[nH]c1ccccc12.c1ccc2ccccc2c1. The molecule has 0 unspecified atom stereocenters. The number of hydrogen-bond acceptors (Lipinski definition) is 0. The molecule has 0 bridgehead atoms. The van der Waals surface area contributed by atoms with Crippen LogP contribution in [-0.4, -0.2) is 9.97 Å². The summed E-state index contributed by atoms with van der Waals surface area (Å²) in [6.07, 6.45) is 1.95. The number of para-hydroxylation sites is 3. The van der Waals surface area contributed by atoms with Crippen molar-refractivity contribution in [1.82, 2.24) is 9.97 Å². The van der Waals surface area contributed by atoms with Crippen molar-refractivity contribution < 1.29 is 0 Å². The number of aromatic amines is 2. The molecule has 2 nitrogen and oxygen atoms in total. The smallest absolute Gasteiger partial charge is 0.0464 e. The van der Waals surface area contributed by atoms with Gasteiger partial charge in [-0.25, -0.2) is 0 Å². The summed E-state index contributed by atoms with van der Waals surface area (Å²) < 4.78 is 0. The van der Waals surface area contributed by atoms with Crippen LogP contribution in [0.3, 0.4) is 0 Å². The van der Waals surface area contributed by atoms with E-state index in [1.54, 1.807) is 0 Å². The van der Waals surface area contributed by atoms with Gasteiger partial charge in [-0.2, -0.15) is 0 Å². The van der Waals surface area contributed by atoms with Crippen molar-refractivity contribution in [2.24, 2.45) is 0 Å². The summed E-state index contributed by atoms with van der Waals surface area (Å²) in [6, 6.07) is 43.8. The second kappa shape index (κ2) is 9.23. The molecule has 0 amide bonds. The Hall–Kier alpha value is -4.30. The van der Waals surface area contributed by atoms with Crippen LogP contribution in [0, 0.1) is 0 Å². The standard InChI is InChI=1S/C12H9N.C10H8.C8H7N/c1-3-7-11-9(5-1)10-6-2-4-8-12(10)13-11;1-2-6-10-8-4-3-7-9(10)5-1;1-2-4-8-7(3-1)5-6-9-8/h1-8,13H;1-8H;1-6,9H. The first-order valence-electron chi connectivity index (χ1n) is 10.8. The fourth-order valence-corrected chi connectivity index (χ4v) is 3.93. The summed E-state index contributed by atoms with van der Waals surface area (Å²) in [4.78, 5) is 6.50. The van der Waals surface area contributed by atoms with E-state index in [4.69, 9.17) is 0 Å². The van der Waals surface area contributed by atoms with Crippen molar-refractivity contribution in [3.8, 4) is 0 Å². The lowest BCUT2D eigenvalue weighted by atomic mass is 10.1. The first kappa shape index (κ1) is 19.7. The second-order valence-electron chi connectivity index (χ2n) is 7.63. The van der Waals surface area contributed by atoms with E-state index < -0.39 is 0 Å². The summed E-state index contributed by atoms with van der Waals surface area (Å²) in [5.41, 5.74) is 3.63. The molecular weight excluding hydrogens is 388 g/mol. The van der Waals surface area contributed by atoms with E-state index >= 15 is 0 Å². The van der Waals surface area contributed by atoms with Gasteiger partial charge in [-0.3, -0.25) is 0 Å². The van der Waals surface area contributed by atoms with Crippen LogP contribution < -0.4 is 0 Å². The van der Waals surface area contributed by atoms with Crippen LogP contribution in [0.5, 0.6) is 0 Å². The van der Waals surface area contributed by atoms with Crippen LogP contribution in [-0.2, 0) is 0 Å². The molecule has 2 aromatic heterocycles. The van der Waals surface area contributed by atoms with Crippen LogP contribution in [0.4, 0.5) is 0 Å². The molecule has 0 aliphatic heterocycles. The Morgan fingerprint density at radius 1 is 0.344 bits per heavy atom. The molecule has 0 radical (unpaired) electrons. The fraction of sp³-hybridized carbons (Fsp3) is 0. The Labute approximate surface area is 187 Å². The zero-order valence-electron chi connectivity index (χ0n) is 17.7. The molecule has 7 aromatic rings. The number of benzene rings is 5. The molecule has 5 aromatic carbocycles. The number of nitrogens with one attached hydrogen (secondary N) is 2. The molecular formula is C30H24N2. The van der Waals surface area contributed by atoms with E-state index in [1.807, 2.05) is 18.3 Å². The summed E-state index contributed by atoms with van der Waals surface area (Å²) in [7, 11) is 0. The number of rotatable bonds is 0. The monoisotopic (exact) mass is 412 g/mol. The van der Waals surface area contributed by atoms with E-state index in [-0.39, 0.29) is 0 Å². The van der Waals surface area contributed by atoms with Gasteiger partial charge in [0.25, 0.3) is 0 Å². The molecule has 0 fully saturated rings. The molecule has 7 rings (SSSR count). The van der Waals surface area contributed by atoms with E-state index in [1.165, 1.54) is 43.5 Å². The van der Waals surface area contributed by atoms with Crippen molar-refractivity contribution in [2.45, 2.75) is 0 Å². The Balaban J connectivity index is 0.000000103. The molecule has 0 spiro atoms. The highest BCUT2D eigenvalue weighted by Gasteiger charge is 2.00. The van der Waals surface area contributed by atoms with Crippen LogP contribution in [0.1, 0.15) is 0 Å². The third kappa shape index (κ3) is 4.26. The van der Waals surface area contributed by atoms with E-state index in [9.17, 15) is 0 Å². The maximum Gasteiger partial charge on any atom is 0.0464 e. The molecule has 0 atom stereocenters. The lowest BCUT2D eigenvalue weighted by Gasteiger charge is -1.92. The Morgan fingerprint density at radius 2 is 0.750 bits per heavy atom. The van der Waals surface area contributed by atoms with Crippen LogP contribution >= 0.6 is 0 Å². The topological polar surface area (TPSA) is 31.6 Å². The highest BCUT2D eigenvalue weighted by atomic mass is 14.7. The minimum Gasteiger partial charge on any atom is -0.361 e. The average molecular weight is 413 g/mol. The van der Waals surface area contributed by atoms with E-state index in [0.29, 0.717) is 0 Å². The van der Waals surface area contributed by atoms with Gasteiger partial charge in [0, 0.05) is 33.5 Å². The number of aromatic nitrogens is 2. The fourth-order valence-electron chi connectivity index (χ4n) is 3.93. The van der Waals surface area contributed by atoms with Crippen molar-refractivity contribution in [1.29, 1.82) is 0 Å². The summed E-state index contributed by atoms with van der Waals surface area (Å²) in [5, 5.41) is 6.50. The number of hydrogen-bond donors (Lipinski definition) is 2. The number of H-pyrrole nitrogens is 2. The molecule has 154 valence electrons. The minimum absolute atomic E-state index is 1.21. The lowest BCUT2D eigenvalue weighted by Crippen LogP contribution is -1.67. The normalized spacial score (nSPS) is 10.5. The Kier molecular flexibility index (Phi) is 5.67. The predicted octanol–water partition coefficient (Wildman–Crippen LogP) is 8.33. The van der Waals surface area contributed by atoms with Crippen LogP contribution in [0.25, 0.3) is 43.5 Å². The van der Waals surface area contributed by atoms with Gasteiger partial charge in [-0.15, -0.1) is 0 Å². The molecule has 0 aliphatic rings. The van der Waals surface area contributed by atoms with Crippen LogP contribution in [0.15, 0.2) is 134 Å². The highest BCUT2D eigenvalue weighted by Crippen LogP contribution is 2.24. The summed E-state index contributed by atoms with van der Waals surface area (Å²) in [6.45, 7) is 0. The molecule has 0 aliphatic carbocycles. The molecule has 2 heteroatoms. The van der Waals surface area contributed by atoms with Gasteiger partial charge in [0.2, 0.25) is 0 Å². The van der Waals surface area contributed by atoms with Gasteiger partial charge >= 0.3 is 0 Å². The van der Waals surface area contributed by atoms with Gasteiger partial charge in [0.15, 0.2) is 0 Å². The zero-order valence-corrected chi connectivity index (χ0v) is 17.7. The highest BCUT2D eigenvalue weighted by molar-refractivity contribution is 6.06. The molecule has 32 heavy (non-hydrogen) atoms. The Morgan fingerprint density at radius 3 is 1.25 bits per heavy atom. The summed E-state index contributed by atoms with van der Waals surface area (Å²) in [5.74, 6) is 0. The Bertz CT molecular complexity index is 1440. The minimum atomic E-state index is 1.21. The van der Waals surface area contributed by atoms with Gasteiger partial charge in [-0.1, -0.05) is 103 Å². The van der Waals surface area contributed by atoms with E-state index in [0.717, 1.165) is 0 Å². The van der Waals surface area contributed by atoms with Gasteiger partial charge in [0.1, 0.15) is 0 Å². The van der Waals surface area contributed by atoms with Crippen molar-refractivity contribution in [3.63, 3.8) is 0 Å². The average Bonchev–Trinajstić information content (AvgIpc) is 3.50. The maximum absolute atomic E-state index is 3.38. The summed E-state index contributed by atoms with van der Waals surface area (Å²) >= 11 is 0. The molecule has 0 saturated carbocycles. The molecule has 0 saturated heterocycles. The van der Waals surface area contributed by atoms with Gasteiger partial charge in [-0.05, 0) is 40.4 Å². The lowest BCUT2D eigenvalue weighted by molar-refractivity contribution is 1.48. The van der Waals surface area contributed by atoms with E-state index in [2.05, 4.69) is 125 Å². The third-order valence-electron chi connectivity index (χ3n) is 5.53. The largest absolute Gasteiger partial charge is 0.361 e. The van der Waals surface area contributed by atoms with Gasteiger partial charge < -0.3 is 9.97 Å². The van der Waals surface area contributed by atoms with Crippen molar-refractivity contribution >= 4 is 43.5 Å². The second-order valence-corrected chi connectivity index (χ2v) is 7.63. The zero-order chi connectivity index (χ0) is 21.6. The first-order chi connectivity index (χ1) is 15.9. The van der Waals surface area contributed by atoms with Crippen molar-refractivity contribution in [3.05, 3.63) is 134 Å². The maximum atomic E-state index is 3.38. The number of fused-ring (bicyclic) bond motifs is 5. The van der Waals surface area contributed by atoms with Crippen LogP contribution in [0.2, 0.25) is 0 Å². The third-order valence-corrected chi connectivity index (χ3v) is 5.53.